The maximum Gasteiger partial charge on any atom is 0.246 e. The summed E-state index contributed by atoms with van der Waals surface area (Å²) in [6.07, 6.45) is 3.33. The summed E-state index contributed by atoms with van der Waals surface area (Å²) >= 11 is 6.07. The first-order valence-electron chi connectivity index (χ1n) is 7.39. The van der Waals surface area contributed by atoms with E-state index in [0.29, 0.717) is 31.3 Å². The molecule has 0 aliphatic carbocycles. The van der Waals surface area contributed by atoms with E-state index >= 15 is 0 Å². The molecule has 118 valence electrons. The maximum atomic E-state index is 12.2. The Morgan fingerprint density at radius 1 is 1.23 bits per heavy atom. The molecule has 2 aliphatic heterocycles. The van der Waals surface area contributed by atoms with Crippen LogP contribution in [0.15, 0.2) is 30.3 Å². The number of likely N-dealkylation sites (tertiary alicyclic amines) is 1. The molecule has 2 aliphatic rings. The predicted octanol–water partition coefficient (Wildman–Crippen LogP) is 2.96. The summed E-state index contributed by atoms with van der Waals surface area (Å²) in [4.78, 5) is 14.0. The van der Waals surface area contributed by atoms with E-state index in [1.807, 2.05) is 38.1 Å². The van der Waals surface area contributed by atoms with Crippen molar-refractivity contribution in [2.24, 2.45) is 5.41 Å². The predicted molar refractivity (Wildman–Crippen MR) is 85.5 cm³/mol. The van der Waals surface area contributed by atoms with E-state index in [1.54, 1.807) is 17.1 Å². The normalized spacial score (nSPS) is 22.8. The van der Waals surface area contributed by atoms with E-state index in [9.17, 15) is 4.79 Å². The summed E-state index contributed by atoms with van der Waals surface area (Å²) in [5.74, 6) is -0.519. The summed E-state index contributed by atoms with van der Waals surface area (Å²) in [5.41, 5.74) is 0.808. The molecule has 22 heavy (non-hydrogen) atoms. The summed E-state index contributed by atoms with van der Waals surface area (Å²) in [6.45, 7) is 6.45. The smallest absolute Gasteiger partial charge is 0.246 e. The lowest BCUT2D eigenvalue weighted by Crippen LogP contribution is -2.65. The highest BCUT2D eigenvalue weighted by Gasteiger charge is 2.49. The van der Waals surface area contributed by atoms with Gasteiger partial charge in [0.15, 0.2) is 5.79 Å². The zero-order valence-electron chi connectivity index (χ0n) is 12.8. The van der Waals surface area contributed by atoms with Gasteiger partial charge in [0.1, 0.15) is 0 Å². The average molecular weight is 322 g/mol. The average Bonchev–Trinajstić information content (AvgIpc) is 2.44. The Bertz CT molecular complexity index is 594. The number of hydrogen-bond acceptors (Lipinski definition) is 3. The maximum absolute atomic E-state index is 12.2. The molecule has 0 saturated carbocycles. The molecule has 2 heterocycles. The van der Waals surface area contributed by atoms with Gasteiger partial charge in [-0.15, -0.1) is 0 Å². The van der Waals surface area contributed by atoms with Crippen LogP contribution in [-0.2, 0) is 14.3 Å². The molecule has 0 bridgehead atoms. The van der Waals surface area contributed by atoms with Gasteiger partial charge in [-0.1, -0.05) is 29.8 Å². The third-order valence-electron chi connectivity index (χ3n) is 4.13. The molecule has 1 amide bonds. The third-order valence-corrected chi connectivity index (χ3v) is 4.47. The summed E-state index contributed by atoms with van der Waals surface area (Å²) in [5, 5.41) is 0.642. The molecule has 2 saturated heterocycles. The zero-order valence-corrected chi connectivity index (χ0v) is 13.6. The number of nitrogens with zero attached hydrogens (tertiary/aromatic N) is 1. The van der Waals surface area contributed by atoms with Crippen molar-refractivity contribution in [3.63, 3.8) is 0 Å². The third kappa shape index (κ3) is 3.19. The van der Waals surface area contributed by atoms with Gasteiger partial charge in [-0.2, -0.15) is 0 Å². The second-order valence-corrected chi connectivity index (χ2v) is 6.93. The molecule has 1 aromatic rings. The van der Waals surface area contributed by atoms with Crippen LogP contribution in [0.5, 0.6) is 0 Å². The summed E-state index contributed by atoms with van der Waals surface area (Å²) in [7, 11) is 0. The van der Waals surface area contributed by atoms with Crippen LogP contribution >= 0.6 is 11.6 Å². The van der Waals surface area contributed by atoms with Crippen LogP contribution in [0.25, 0.3) is 6.08 Å². The van der Waals surface area contributed by atoms with Gasteiger partial charge in [0.2, 0.25) is 5.91 Å². The molecule has 1 aromatic carbocycles. The van der Waals surface area contributed by atoms with E-state index in [2.05, 4.69) is 0 Å². The molecule has 2 fully saturated rings. The Labute approximate surface area is 135 Å². The van der Waals surface area contributed by atoms with Crippen LogP contribution < -0.4 is 0 Å². The second-order valence-electron chi connectivity index (χ2n) is 6.53. The number of benzene rings is 1. The van der Waals surface area contributed by atoms with E-state index < -0.39 is 5.79 Å². The minimum absolute atomic E-state index is 0.00428. The van der Waals surface area contributed by atoms with Crippen molar-refractivity contribution in [2.45, 2.75) is 19.6 Å². The van der Waals surface area contributed by atoms with Crippen molar-refractivity contribution in [1.82, 2.24) is 4.90 Å². The molecule has 4 nitrogen and oxygen atoms in total. The Hall–Kier alpha value is -1.36. The van der Waals surface area contributed by atoms with Crippen LogP contribution in [0.1, 0.15) is 19.4 Å². The van der Waals surface area contributed by atoms with Crippen LogP contribution in [0, 0.1) is 5.41 Å². The van der Waals surface area contributed by atoms with Crippen LogP contribution in [0.3, 0.4) is 0 Å². The largest absolute Gasteiger partial charge is 0.350 e. The fraction of sp³-hybridized carbons (Fsp3) is 0.471. The SMILES string of the molecule is CC1(C)OCC2(CO1)CN(C(=O)C=Cc1ccccc1Cl)C2. The monoisotopic (exact) mass is 321 g/mol. The van der Waals surface area contributed by atoms with Gasteiger partial charge in [-0.3, -0.25) is 4.79 Å². The first-order valence-corrected chi connectivity index (χ1v) is 7.76. The Kier molecular flexibility index (Phi) is 4.02. The Morgan fingerprint density at radius 3 is 2.50 bits per heavy atom. The lowest BCUT2D eigenvalue weighted by atomic mass is 9.80. The van der Waals surface area contributed by atoms with Crippen molar-refractivity contribution >= 4 is 23.6 Å². The van der Waals surface area contributed by atoms with Gasteiger partial charge in [-0.05, 0) is 31.6 Å². The number of carbonyl (C=O) groups excluding carboxylic acids is 1. The van der Waals surface area contributed by atoms with Crippen LogP contribution in [-0.4, -0.2) is 42.9 Å². The molecule has 3 rings (SSSR count). The number of hydrogen-bond donors (Lipinski definition) is 0. The van der Waals surface area contributed by atoms with Gasteiger partial charge >= 0.3 is 0 Å². The van der Waals surface area contributed by atoms with Gasteiger partial charge in [0, 0.05) is 24.2 Å². The van der Waals surface area contributed by atoms with Crippen LogP contribution in [0.4, 0.5) is 0 Å². The number of rotatable bonds is 2. The number of ether oxygens (including phenoxy) is 2. The van der Waals surface area contributed by atoms with Gasteiger partial charge in [0.05, 0.1) is 18.6 Å². The second kappa shape index (κ2) is 5.69. The van der Waals surface area contributed by atoms with E-state index in [4.69, 9.17) is 21.1 Å². The number of amides is 1. The molecule has 1 spiro atoms. The molecular formula is C17H20ClNO3. The molecule has 0 atom stereocenters. The molecule has 5 heteroatoms. The fourth-order valence-corrected chi connectivity index (χ4v) is 2.91. The minimum Gasteiger partial charge on any atom is -0.350 e. The van der Waals surface area contributed by atoms with Gasteiger partial charge < -0.3 is 14.4 Å². The highest BCUT2D eigenvalue weighted by atomic mass is 35.5. The zero-order chi connectivity index (χ0) is 15.8. The van der Waals surface area contributed by atoms with Crippen molar-refractivity contribution < 1.29 is 14.3 Å². The summed E-state index contributed by atoms with van der Waals surface area (Å²) < 4.78 is 11.4. The summed E-state index contributed by atoms with van der Waals surface area (Å²) in [6, 6.07) is 7.45. The van der Waals surface area contributed by atoms with Crippen molar-refractivity contribution in [3.8, 4) is 0 Å². The van der Waals surface area contributed by atoms with Crippen LogP contribution in [0.2, 0.25) is 5.02 Å². The number of carbonyl (C=O) groups is 1. The molecule has 0 N–H and O–H groups in total. The molecule has 0 aromatic heterocycles. The molecule has 0 unspecified atom stereocenters. The van der Waals surface area contributed by atoms with E-state index in [0.717, 1.165) is 5.56 Å². The molecular weight excluding hydrogens is 302 g/mol. The minimum atomic E-state index is -0.514. The molecule has 0 radical (unpaired) electrons. The lowest BCUT2D eigenvalue weighted by molar-refractivity contribution is -0.302. The first-order chi connectivity index (χ1) is 10.4. The van der Waals surface area contributed by atoms with Crippen molar-refractivity contribution in [2.75, 3.05) is 26.3 Å². The van der Waals surface area contributed by atoms with Crippen molar-refractivity contribution in [3.05, 3.63) is 40.9 Å². The van der Waals surface area contributed by atoms with Gasteiger partial charge in [-0.25, -0.2) is 0 Å². The lowest BCUT2D eigenvalue weighted by Gasteiger charge is -2.53. The van der Waals surface area contributed by atoms with Gasteiger partial charge in [0.25, 0.3) is 0 Å². The first kappa shape index (κ1) is 15.5. The van der Waals surface area contributed by atoms with Crippen molar-refractivity contribution in [1.29, 1.82) is 0 Å². The highest BCUT2D eigenvalue weighted by Crippen LogP contribution is 2.37. The fourth-order valence-electron chi connectivity index (χ4n) is 2.72. The van der Waals surface area contributed by atoms with E-state index in [-0.39, 0.29) is 11.3 Å². The Morgan fingerprint density at radius 2 is 1.86 bits per heavy atom. The topological polar surface area (TPSA) is 38.8 Å². The highest BCUT2D eigenvalue weighted by molar-refractivity contribution is 6.32. The Balaban J connectivity index is 1.55. The standard InChI is InChI=1S/C17H20ClNO3/c1-16(2)21-11-17(12-22-16)9-19(10-17)15(20)8-7-13-5-3-4-6-14(13)18/h3-8H,9-12H2,1-2H3. The van der Waals surface area contributed by atoms with E-state index in [1.165, 1.54) is 0 Å². The number of halogens is 1. The quantitative estimate of drug-likeness (QED) is 0.786.